The Kier molecular flexibility index (Phi) is 2.52. The molecule has 2 heterocycles. The van der Waals surface area contributed by atoms with Crippen LogP contribution in [0.4, 0.5) is 0 Å². The van der Waals surface area contributed by atoms with E-state index in [1.165, 1.54) is 6.42 Å². The van der Waals surface area contributed by atoms with Crippen LogP contribution >= 0.6 is 0 Å². The molecule has 0 aliphatic carbocycles. The van der Waals surface area contributed by atoms with E-state index in [1.807, 2.05) is 0 Å². The van der Waals surface area contributed by atoms with Crippen molar-refractivity contribution in [2.75, 3.05) is 6.54 Å². The summed E-state index contributed by atoms with van der Waals surface area (Å²) in [5, 5.41) is 12.2. The highest BCUT2D eigenvalue weighted by Crippen LogP contribution is 2.19. The molecule has 1 aromatic rings. The van der Waals surface area contributed by atoms with Crippen LogP contribution in [-0.2, 0) is 6.61 Å². The van der Waals surface area contributed by atoms with Crippen LogP contribution in [0, 0.1) is 0 Å². The Balaban J connectivity index is 2.18. The molecule has 0 spiro atoms. The van der Waals surface area contributed by atoms with E-state index < -0.39 is 0 Å². The summed E-state index contributed by atoms with van der Waals surface area (Å²) >= 11 is 0. The van der Waals surface area contributed by atoms with E-state index in [0.29, 0.717) is 5.69 Å². The zero-order valence-electron chi connectivity index (χ0n) is 7.40. The first-order chi connectivity index (χ1) is 6.40. The molecule has 4 heteroatoms. The van der Waals surface area contributed by atoms with Gasteiger partial charge in [-0.1, -0.05) is 0 Å². The minimum absolute atomic E-state index is 0.0117. The van der Waals surface area contributed by atoms with Crippen LogP contribution in [0.1, 0.15) is 30.4 Å². The highest BCUT2D eigenvalue weighted by Gasteiger charge is 2.18. The highest BCUT2D eigenvalue weighted by molar-refractivity contribution is 5.05. The van der Waals surface area contributed by atoms with Crippen LogP contribution < -0.4 is 5.32 Å². The van der Waals surface area contributed by atoms with Gasteiger partial charge in [0.05, 0.1) is 18.3 Å². The molecule has 0 amide bonds. The SMILES string of the molecule is OCc1ccnc(C2CCCN2)n1. The Labute approximate surface area is 77.0 Å². The number of rotatable bonds is 2. The van der Waals surface area contributed by atoms with E-state index in [-0.39, 0.29) is 12.6 Å². The van der Waals surface area contributed by atoms with Gasteiger partial charge in [0.25, 0.3) is 0 Å². The molecule has 1 fully saturated rings. The number of nitrogens with zero attached hydrogens (tertiary/aromatic N) is 2. The third-order valence-electron chi connectivity index (χ3n) is 2.27. The molecule has 0 aromatic carbocycles. The Hall–Kier alpha value is -1.00. The topological polar surface area (TPSA) is 58.0 Å². The van der Waals surface area contributed by atoms with Crippen LogP contribution in [-0.4, -0.2) is 21.6 Å². The predicted octanol–water partition coefficient (Wildman–Crippen LogP) is 0.393. The maximum Gasteiger partial charge on any atom is 0.145 e. The average Bonchev–Trinajstić information content (AvgIpc) is 2.71. The van der Waals surface area contributed by atoms with Crippen molar-refractivity contribution in [1.29, 1.82) is 0 Å². The van der Waals surface area contributed by atoms with Crippen molar-refractivity contribution >= 4 is 0 Å². The van der Waals surface area contributed by atoms with Crippen molar-refractivity contribution in [3.63, 3.8) is 0 Å². The molecule has 2 rings (SSSR count). The largest absolute Gasteiger partial charge is 0.390 e. The van der Waals surface area contributed by atoms with Gasteiger partial charge in [-0.2, -0.15) is 0 Å². The fourth-order valence-corrected chi connectivity index (χ4v) is 1.57. The van der Waals surface area contributed by atoms with Crippen molar-refractivity contribution in [3.8, 4) is 0 Å². The molecule has 4 nitrogen and oxygen atoms in total. The van der Waals surface area contributed by atoms with E-state index in [9.17, 15) is 0 Å². The van der Waals surface area contributed by atoms with E-state index in [1.54, 1.807) is 12.3 Å². The summed E-state index contributed by atoms with van der Waals surface area (Å²) in [6, 6.07) is 2.02. The van der Waals surface area contributed by atoms with Gasteiger partial charge in [0, 0.05) is 6.20 Å². The fourth-order valence-electron chi connectivity index (χ4n) is 1.57. The summed E-state index contributed by atoms with van der Waals surface area (Å²) in [4.78, 5) is 8.43. The van der Waals surface area contributed by atoms with Gasteiger partial charge in [-0.25, -0.2) is 9.97 Å². The minimum Gasteiger partial charge on any atom is -0.390 e. The van der Waals surface area contributed by atoms with Crippen molar-refractivity contribution in [2.24, 2.45) is 0 Å². The maximum absolute atomic E-state index is 8.89. The first-order valence-electron chi connectivity index (χ1n) is 4.56. The Bertz CT molecular complexity index is 284. The van der Waals surface area contributed by atoms with Gasteiger partial charge < -0.3 is 10.4 Å². The van der Waals surface area contributed by atoms with Crippen molar-refractivity contribution in [2.45, 2.75) is 25.5 Å². The second kappa shape index (κ2) is 3.81. The van der Waals surface area contributed by atoms with Crippen molar-refractivity contribution in [1.82, 2.24) is 15.3 Å². The molecular weight excluding hydrogens is 166 g/mol. The molecule has 70 valence electrons. The molecule has 0 bridgehead atoms. The molecule has 1 unspecified atom stereocenters. The van der Waals surface area contributed by atoms with Gasteiger partial charge in [0.2, 0.25) is 0 Å². The van der Waals surface area contributed by atoms with Gasteiger partial charge in [-0.15, -0.1) is 0 Å². The van der Waals surface area contributed by atoms with Crippen LogP contribution in [0.5, 0.6) is 0 Å². The zero-order chi connectivity index (χ0) is 9.10. The smallest absolute Gasteiger partial charge is 0.145 e. The van der Waals surface area contributed by atoms with Crippen molar-refractivity contribution in [3.05, 3.63) is 23.8 Å². The average molecular weight is 179 g/mol. The zero-order valence-corrected chi connectivity index (χ0v) is 7.40. The second-order valence-electron chi connectivity index (χ2n) is 3.21. The van der Waals surface area contributed by atoms with Crippen molar-refractivity contribution < 1.29 is 5.11 Å². The quantitative estimate of drug-likeness (QED) is 0.689. The number of hydrogen-bond acceptors (Lipinski definition) is 4. The monoisotopic (exact) mass is 179 g/mol. The summed E-state index contributed by atoms with van der Waals surface area (Å²) in [5.41, 5.74) is 0.693. The van der Waals surface area contributed by atoms with Crippen LogP contribution in [0.25, 0.3) is 0 Å². The summed E-state index contributed by atoms with van der Waals surface area (Å²) < 4.78 is 0. The fraction of sp³-hybridized carbons (Fsp3) is 0.556. The molecule has 2 N–H and O–H groups in total. The Morgan fingerprint density at radius 3 is 3.23 bits per heavy atom. The lowest BCUT2D eigenvalue weighted by Gasteiger charge is -2.08. The maximum atomic E-state index is 8.89. The molecule has 1 aliphatic heterocycles. The normalized spacial score (nSPS) is 22.1. The first kappa shape index (κ1) is 8.59. The molecular formula is C9H13N3O. The van der Waals surface area contributed by atoms with E-state index >= 15 is 0 Å². The standard InChI is InChI=1S/C9H13N3O/c13-6-7-3-5-11-9(12-7)8-2-1-4-10-8/h3,5,8,10,13H,1-2,4,6H2. The number of aromatic nitrogens is 2. The van der Waals surface area contributed by atoms with Gasteiger partial charge in [-0.3, -0.25) is 0 Å². The summed E-state index contributed by atoms with van der Waals surface area (Å²) in [5.74, 6) is 0.809. The predicted molar refractivity (Wildman–Crippen MR) is 47.9 cm³/mol. The van der Waals surface area contributed by atoms with Gasteiger partial charge in [-0.05, 0) is 25.5 Å². The van der Waals surface area contributed by atoms with Crippen LogP contribution in [0.3, 0.4) is 0 Å². The molecule has 0 radical (unpaired) electrons. The molecule has 1 aliphatic rings. The summed E-state index contributed by atoms with van der Waals surface area (Å²) in [6.45, 7) is 1.03. The number of aliphatic hydroxyl groups is 1. The Morgan fingerprint density at radius 2 is 2.54 bits per heavy atom. The molecule has 1 saturated heterocycles. The lowest BCUT2D eigenvalue weighted by Crippen LogP contribution is -2.16. The molecule has 0 saturated carbocycles. The first-order valence-corrected chi connectivity index (χ1v) is 4.56. The minimum atomic E-state index is -0.0117. The summed E-state index contributed by atoms with van der Waals surface area (Å²) in [7, 11) is 0. The number of hydrogen-bond donors (Lipinski definition) is 2. The number of nitrogens with one attached hydrogen (secondary N) is 1. The second-order valence-corrected chi connectivity index (χ2v) is 3.21. The third-order valence-corrected chi connectivity index (χ3v) is 2.27. The summed E-state index contributed by atoms with van der Waals surface area (Å²) in [6.07, 6.45) is 3.97. The van der Waals surface area contributed by atoms with Gasteiger partial charge in [0.15, 0.2) is 0 Å². The van der Waals surface area contributed by atoms with E-state index in [0.717, 1.165) is 18.8 Å². The number of aliphatic hydroxyl groups excluding tert-OH is 1. The van der Waals surface area contributed by atoms with E-state index in [2.05, 4.69) is 15.3 Å². The lowest BCUT2D eigenvalue weighted by molar-refractivity contribution is 0.276. The van der Waals surface area contributed by atoms with E-state index in [4.69, 9.17) is 5.11 Å². The van der Waals surface area contributed by atoms with Gasteiger partial charge >= 0.3 is 0 Å². The van der Waals surface area contributed by atoms with Gasteiger partial charge in [0.1, 0.15) is 5.82 Å². The highest BCUT2D eigenvalue weighted by atomic mass is 16.3. The molecule has 1 aromatic heterocycles. The lowest BCUT2D eigenvalue weighted by atomic mass is 10.2. The molecule has 1 atom stereocenters. The van der Waals surface area contributed by atoms with Crippen LogP contribution in [0.15, 0.2) is 12.3 Å². The Morgan fingerprint density at radius 1 is 1.62 bits per heavy atom. The van der Waals surface area contributed by atoms with Crippen LogP contribution in [0.2, 0.25) is 0 Å². The molecule has 13 heavy (non-hydrogen) atoms. The third kappa shape index (κ3) is 1.84.